The van der Waals surface area contributed by atoms with Gasteiger partial charge in [0.2, 0.25) is 12.7 Å². The van der Waals surface area contributed by atoms with Crippen LogP contribution in [0.25, 0.3) is 0 Å². The third-order valence-electron chi connectivity index (χ3n) is 1.24. The van der Waals surface area contributed by atoms with Gasteiger partial charge >= 0.3 is 0 Å². The quantitative estimate of drug-likeness (QED) is 0.779. The molecule has 0 N–H and O–H groups in total. The van der Waals surface area contributed by atoms with E-state index in [2.05, 4.69) is 9.72 Å². The summed E-state index contributed by atoms with van der Waals surface area (Å²) in [6.45, 7) is -1.20. The van der Waals surface area contributed by atoms with E-state index < -0.39 is 26.7 Å². The van der Waals surface area contributed by atoms with Crippen LogP contribution in [0.1, 0.15) is 0 Å². The molecule has 0 saturated heterocycles. The standard InChI is InChI=1S/C6H4Cl2FNO3S/c7-4-1-5(14(8,11)12)6(10-2-4)13-3-9/h1-2H,3H2. The Bertz CT molecular complexity index is 437. The van der Waals surface area contributed by atoms with Gasteiger partial charge in [0.05, 0.1) is 5.02 Å². The van der Waals surface area contributed by atoms with Crippen molar-refractivity contribution in [3.8, 4) is 5.88 Å². The fraction of sp³-hybridized carbons (Fsp3) is 0.167. The zero-order chi connectivity index (χ0) is 10.8. The van der Waals surface area contributed by atoms with Crippen LogP contribution in [-0.4, -0.2) is 20.3 Å². The monoisotopic (exact) mass is 259 g/mol. The molecule has 14 heavy (non-hydrogen) atoms. The first kappa shape index (κ1) is 11.5. The molecule has 4 nitrogen and oxygen atoms in total. The van der Waals surface area contributed by atoms with Gasteiger partial charge in [-0.3, -0.25) is 0 Å². The lowest BCUT2D eigenvalue weighted by molar-refractivity contribution is 0.180. The van der Waals surface area contributed by atoms with Crippen LogP contribution in [0.15, 0.2) is 17.2 Å². The van der Waals surface area contributed by atoms with Crippen molar-refractivity contribution in [2.45, 2.75) is 4.90 Å². The Morgan fingerprint density at radius 2 is 2.21 bits per heavy atom. The van der Waals surface area contributed by atoms with Gasteiger partial charge in [-0.2, -0.15) is 0 Å². The minimum Gasteiger partial charge on any atom is -0.445 e. The molecule has 0 saturated carbocycles. The molecule has 0 bridgehead atoms. The zero-order valence-electron chi connectivity index (χ0n) is 6.58. The second-order valence-electron chi connectivity index (χ2n) is 2.15. The maximum Gasteiger partial charge on any atom is 0.266 e. The summed E-state index contributed by atoms with van der Waals surface area (Å²) in [5.41, 5.74) is 0. The maximum absolute atomic E-state index is 11.8. The van der Waals surface area contributed by atoms with E-state index in [9.17, 15) is 12.8 Å². The van der Waals surface area contributed by atoms with Gasteiger partial charge in [0.1, 0.15) is 4.90 Å². The summed E-state index contributed by atoms with van der Waals surface area (Å²) >= 11 is 5.49. The van der Waals surface area contributed by atoms with E-state index in [1.54, 1.807) is 0 Å². The van der Waals surface area contributed by atoms with Crippen molar-refractivity contribution in [2.75, 3.05) is 6.86 Å². The predicted molar refractivity (Wildman–Crippen MR) is 48.9 cm³/mol. The van der Waals surface area contributed by atoms with Crippen LogP contribution in [0, 0.1) is 0 Å². The molecule has 0 spiro atoms. The van der Waals surface area contributed by atoms with Gasteiger partial charge in [-0.1, -0.05) is 11.6 Å². The van der Waals surface area contributed by atoms with Crippen LogP contribution in [0.2, 0.25) is 5.02 Å². The molecule has 0 aliphatic heterocycles. The summed E-state index contributed by atoms with van der Waals surface area (Å²) in [6, 6.07) is 1.03. The third kappa shape index (κ3) is 2.70. The lowest BCUT2D eigenvalue weighted by atomic mass is 10.5. The summed E-state index contributed by atoms with van der Waals surface area (Å²) in [5.74, 6) is -0.410. The molecule has 0 aliphatic rings. The largest absolute Gasteiger partial charge is 0.445 e. The van der Waals surface area contributed by atoms with E-state index in [4.69, 9.17) is 22.3 Å². The SMILES string of the molecule is O=S(=O)(Cl)c1cc(Cl)cnc1OCF. The van der Waals surface area contributed by atoms with Gasteiger partial charge in [0, 0.05) is 16.9 Å². The molecular weight excluding hydrogens is 256 g/mol. The van der Waals surface area contributed by atoms with Gasteiger partial charge in [-0.25, -0.2) is 17.8 Å². The highest BCUT2D eigenvalue weighted by atomic mass is 35.7. The third-order valence-corrected chi connectivity index (χ3v) is 2.76. The molecule has 0 aromatic carbocycles. The Morgan fingerprint density at radius 1 is 1.57 bits per heavy atom. The number of rotatable bonds is 3. The van der Waals surface area contributed by atoms with Crippen LogP contribution >= 0.6 is 22.3 Å². The highest BCUT2D eigenvalue weighted by Gasteiger charge is 2.18. The van der Waals surface area contributed by atoms with Crippen LogP contribution < -0.4 is 4.74 Å². The summed E-state index contributed by atoms with van der Waals surface area (Å²) in [4.78, 5) is 3.02. The fourth-order valence-electron chi connectivity index (χ4n) is 0.743. The Kier molecular flexibility index (Phi) is 3.52. The Hall–Kier alpha value is -0.590. The first-order valence-electron chi connectivity index (χ1n) is 3.24. The van der Waals surface area contributed by atoms with E-state index >= 15 is 0 Å². The number of hydrogen-bond donors (Lipinski definition) is 0. The molecule has 78 valence electrons. The van der Waals surface area contributed by atoms with Crippen molar-refractivity contribution >= 4 is 31.3 Å². The molecule has 8 heteroatoms. The van der Waals surface area contributed by atoms with Crippen molar-refractivity contribution in [3.05, 3.63) is 17.3 Å². The minimum absolute atomic E-state index is 0.0652. The molecule has 1 heterocycles. The van der Waals surface area contributed by atoms with Crippen LogP contribution in [0.3, 0.4) is 0 Å². The number of ether oxygens (including phenoxy) is 1. The van der Waals surface area contributed by atoms with E-state index in [1.807, 2.05) is 0 Å². The molecule has 0 fully saturated rings. The molecule has 0 radical (unpaired) electrons. The number of nitrogens with zero attached hydrogens (tertiary/aromatic N) is 1. The molecule has 0 amide bonds. The van der Waals surface area contributed by atoms with Gasteiger partial charge in [0.15, 0.2) is 0 Å². The molecule has 1 aromatic heterocycles. The second-order valence-corrected chi connectivity index (χ2v) is 5.12. The summed E-state index contributed by atoms with van der Waals surface area (Å²) in [7, 11) is 0.998. The smallest absolute Gasteiger partial charge is 0.266 e. The number of halogens is 3. The lowest BCUT2D eigenvalue weighted by Crippen LogP contribution is -2.01. The van der Waals surface area contributed by atoms with E-state index in [-0.39, 0.29) is 5.02 Å². The van der Waals surface area contributed by atoms with Crippen LogP contribution in [0.5, 0.6) is 5.88 Å². The lowest BCUT2D eigenvalue weighted by Gasteiger charge is -2.04. The summed E-state index contributed by atoms with van der Waals surface area (Å²) < 4.78 is 38.0. The fourth-order valence-corrected chi connectivity index (χ4v) is 1.89. The van der Waals surface area contributed by atoms with E-state index in [0.29, 0.717) is 0 Å². The summed E-state index contributed by atoms with van der Waals surface area (Å²) in [6.07, 6.45) is 1.12. The van der Waals surface area contributed by atoms with Crippen molar-refractivity contribution in [2.24, 2.45) is 0 Å². The van der Waals surface area contributed by atoms with Gasteiger partial charge in [0.25, 0.3) is 9.05 Å². The normalized spacial score (nSPS) is 11.4. The van der Waals surface area contributed by atoms with Crippen molar-refractivity contribution < 1.29 is 17.5 Å². The molecular formula is C6H4Cl2FNO3S. The predicted octanol–water partition coefficient (Wildman–Crippen LogP) is 1.97. The first-order valence-corrected chi connectivity index (χ1v) is 5.93. The molecule has 1 aromatic rings. The average Bonchev–Trinajstić information content (AvgIpc) is 2.07. The van der Waals surface area contributed by atoms with Gasteiger partial charge in [-0.15, -0.1) is 0 Å². The Morgan fingerprint density at radius 3 is 2.71 bits per heavy atom. The first-order chi connectivity index (χ1) is 6.45. The molecule has 0 atom stereocenters. The van der Waals surface area contributed by atoms with Crippen LogP contribution in [0.4, 0.5) is 4.39 Å². The van der Waals surface area contributed by atoms with Crippen LogP contribution in [-0.2, 0) is 9.05 Å². The van der Waals surface area contributed by atoms with Crippen molar-refractivity contribution in [1.29, 1.82) is 0 Å². The number of aromatic nitrogens is 1. The number of pyridine rings is 1. The number of alkyl halides is 1. The Balaban J connectivity index is 3.30. The minimum atomic E-state index is -4.04. The second kappa shape index (κ2) is 4.29. The molecule has 1 rings (SSSR count). The zero-order valence-corrected chi connectivity index (χ0v) is 8.90. The highest BCUT2D eigenvalue weighted by Crippen LogP contribution is 2.27. The number of hydrogen-bond acceptors (Lipinski definition) is 4. The van der Waals surface area contributed by atoms with Crippen molar-refractivity contribution in [3.63, 3.8) is 0 Å². The maximum atomic E-state index is 11.8. The average molecular weight is 260 g/mol. The Labute approximate surface area is 89.0 Å². The van der Waals surface area contributed by atoms with Gasteiger partial charge in [-0.05, 0) is 6.07 Å². The molecule has 0 aliphatic carbocycles. The summed E-state index contributed by atoms with van der Waals surface area (Å²) in [5, 5.41) is 0.0652. The van der Waals surface area contributed by atoms with E-state index in [0.717, 1.165) is 12.3 Å². The van der Waals surface area contributed by atoms with Crippen molar-refractivity contribution in [1.82, 2.24) is 4.98 Å². The highest BCUT2D eigenvalue weighted by molar-refractivity contribution is 8.13. The van der Waals surface area contributed by atoms with Gasteiger partial charge < -0.3 is 4.74 Å². The topological polar surface area (TPSA) is 56.3 Å². The molecule has 0 unspecified atom stereocenters. The van der Waals surface area contributed by atoms with E-state index in [1.165, 1.54) is 0 Å².